The van der Waals surface area contributed by atoms with E-state index in [1.165, 1.54) is 19.4 Å². The quantitative estimate of drug-likeness (QED) is 0.792. The van der Waals surface area contributed by atoms with E-state index in [2.05, 4.69) is 21.9 Å². The maximum absolute atomic E-state index is 11.1. The zero-order valence-electron chi connectivity index (χ0n) is 10.5. The minimum Gasteiger partial charge on any atom is -0.306 e. The number of nitrogens with zero attached hydrogens (tertiary/aromatic N) is 3. The number of hydrogen-bond donors (Lipinski definition) is 0. The summed E-state index contributed by atoms with van der Waals surface area (Å²) in [5, 5.41) is 0. The predicted molar refractivity (Wildman–Crippen MR) is 65.9 cm³/mol. The van der Waals surface area contributed by atoms with Crippen LogP contribution in [0.3, 0.4) is 0 Å². The zero-order valence-corrected chi connectivity index (χ0v) is 10.5. The van der Waals surface area contributed by atoms with Gasteiger partial charge in [0.2, 0.25) is 0 Å². The zero-order chi connectivity index (χ0) is 12.3. The Hall–Kier alpha value is -1.29. The Kier molecular flexibility index (Phi) is 3.84. The van der Waals surface area contributed by atoms with E-state index in [0.29, 0.717) is 18.2 Å². The monoisotopic (exact) mass is 233 g/mol. The fraction of sp³-hybridized carbons (Fsp3) is 0.615. The molecule has 0 saturated carbocycles. The van der Waals surface area contributed by atoms with E-state index < -0.39 is 0 Å². The Labute approximate surface area is 102 Å². The minimum atomic E-state index is 0.114. The van der Waals surface area contributed by atoms with E-state index >= 15 is 0 Å². The van der Waals surface area contributed by atoms with E-state index in [9.17, 15) is 4.79 Å². The van der Waals surface area contributed by atoms with Crippen molar-refractivity contribution >= 4 is 5.78 Å². The second-order valence-electron chi connectivity index (χ2n) is 4.88. The summed E-state index contributed by atoms with van der Waals surface area (Å²) in [7, 11) is 2.14. The molecule has 0 aliphatic carbocycles. The lowest BCUT2D eigenvalue weighted by Crippen LogP contribution is -2.31. The van der Waals surface area contributed by atoms with Gasteiger partial charge in [0.15, 0.2) is 0 Å². The molecule has 0 spiro atoms. The van der Waals surface area contributed by atoms with Crippen molar-refractivity contribution in [2.24, 2.45) is 0 Å². The number of carbonyl (C=O) groups excluding carboxylic acids is 1. The number of rotatable bonds is 3. The van der Waals surface area contributed by atoms with Crippen LogP contribution in [-0.4, -0.2) is 40.8 Å². The van der Waals surface area contributed by atoms with Crippen molar-refractivity contribution in [1.82, 2.24) is 14.9 Å². The van der Waals surface area contributed by atoms with E-state index in [1.807, 2.05) is 6.07 Å². The molecule has 4 heteroatoms. The highest BCUT2D eigenvalue weighted by Crippen LogP contribution is 2.24. The molecular weight excluding hydrogens is 214 g/mol. The third-order valence-corrected chi connectivity index (χ3v) is 3.18. The van der Waals surface area contributed by atoms with Gasteiger partial charge in [-0.2, -0.15) is 0 Å². The van der Waals surface area contributed by atoms with Crippen LogP contribution in [-0.2, 0) is 11.2 Å². The van der Waals surface area contributed by atoms with E-state index in [-0.39, 0.29) is 5.78 Å². The maximum Gasteiger partial charge on any atom is 0.137 e. The lowest BCUT2D eigenvalue weighted by atomic mass is 9.95. The number of piperidine rings is 1. The predicted octanol–water partition coefficient (Wildman–Crippen LogP) is 1.42. The minimum absolute atomic E-state index is 0.114. The summed E-state index contributed by atoms with van der Waals surface area (Å²) in [5.41, 5.74) is 1.09. The second-order valence-corrected chi connectivity index (χ2v) is 4.88. The molecule has 1 atom stereocenters. The molecule has 17 heavy (non-hydrogen) atoms. The highest BCUT2D eigenvalue weighted by atomic mass is 16.1. The molecule has 1 saturated heterocycles. The van der Waals surface area contributed by atoms with Crippen LogP contribution in [0.4, 0.5) is 0 Å². The standard InChI is InChI=1S/C13H19N3O/c1-10(17)8-13-14-6-5-12(15-13)11-4-3-7-16(2)9-11/h5-6,11H,3-4,7-9H2,1-2H3. The van der Waals surface area contributed by atoms with Crippen molar-refractivity contribution in [2.45, 2.75) is 32.1 Å². The number of hydrogen-bond acceptors (Lipinski definition) is 4. The number of likely N-dealkylation sites (N-methyl/N-ethyl adjacent to an activating group) is 1. The van der Waals surface area contributed by atoms with Crippen LogP contribution in [0.2, 0.25) is 0 Å². The largest absolute Gasteiger partial charge is 0.306 e. The van der Waals surface area contributed by atoms with Crippen LogP contribution in [0.15, 0.2) is 12.3 Å². The SMILES string of the molecule is CC(=O)Cc1nccc(C2CCCN(C)C2)n1. The number of likely N-dealkylation sites (tertiary alicyclic amines) is 1. The van der Waals surface area contributed by atoms with Gasteiger partial charge >= 0.3 is 0 Å². The Morgan fingerprint density at radius 2 is 2.41 bits per heavy atom. The second kappa shape index (κ2) is 5.36. The van der Waals surface area contributed by atoms with Crippen molar-refractivity contribution in [2.75, 3.05) is 20.1 Å². The average molecular weight is 233 g/mol. The molecule has 1 unspecified atom stereocenters. The van der Waals surface area contributed by atoms with Crippen LogP contribution in [0, 0.1) is 0 Å². The topological polar surface area (TPSA) is 46.1 Å². The molecule has 4 nitrogen and oxygen atoms in total. The Morgan fingerprint density at radius 1 is 1.59 bits per heavy atom. The van der Waals surface area contributed by atoms with Crippen molar-refractivity contribution in [3.63, 3.8) is 0 Å². The third-order valence-electron chi connectivity index (χ3n) is 3.18. The summed E-state index contributed by atoms with van der Waals surface area (Å²) in [5.74, 6) is 1.26. The average Bonchev–Trinajstić information content (AvgIpc) is 2.28. The first-order valence-electron chi connectivity index (χ1n) is 6.15. The fourth-order valence-corrected chi connectivity index (χ4v) is 2.36. The Bertz CT molecular complexity index is 405. The van der Waals surface area contributed by atoms with Gasteiger partial charge in [0.25, 0.3) is 0 Å². The lowest BCUT2D eigenvalue weighted by Gasteiger charge is -2.29. The van der Waals surface area contributed by atoms with E-state index in [0.717, 1.165) is 12.2 Å². The van der Waals surface area contributed by atoms with Crippen LogP contribution in [0.5, 0.6) is 0 Å². The van der Waals surface area contributed by atoms with Gasteiger partial charge < -0.3 is 4.90 Å². The normalized spacial score (nSPS) is 21.4. The van der Waals surface area contributed by atoms with Crippen LogP contribution < -0.4 is 0 Å². The van der Waals surface area contributed by atoms with Crippen LogP contribution in [0.1, 0.15) is 37.2 Å². The molecular formula is C13H19N3O. The number of carbonyl (C=O) groups is 1. The number of Topliss-reactive ketones (excluding diaryl/α,β-unsaturated/α-hetero) is 1. The highest BCUT2D eigenvalue weighted by molar-refractivity contribution is 5.77. The van der Waals surface area contributed by atoms with Gasteiger partial charge in [-0.1, -0.05) is 0 Å². The molecule has 2 heterocycles. The molecule has 2 rings (SSSR count). The fourth-order valence-electron chi connectivity index (χ4n) is 2.36. The molecule has 1 aliphatic heterocycles. The van der Waals surface area contributed by atoms with Gasteiger partial charge in [0.1, 0.15) is 11.6 Å². The van der Waals surface area contributed by atoms with Crippen molar-refractivity contribution in [3.8, 4) is 0 Å². The Morgan fingerprint density at radius 3 is 3.12 bits per heavy atom. The molecule has 0 N–H and O–H groups in total. The van der Waals surface area contributed by atoms with Gasteiger partial charge in [-0.15, -0.1) is 0 Å². The molecule has 0 aromatic carbocycles. The lowest BCUT2D eigenvalue weighted by molar-refractivity contribution is -0.116. The number of ketones is 1. The summed E-state index contributed by atoms with van der Waals surface area (Å²) in [6.07, 6.45) is 4.51. The maximum atomic E-state index is 11.1. The molecule has 1 aromatic rings. The summed E-state index contributed by atoms with van der Waals surface area (Å²) in [6.45, 7) is 3.79. The summed E-state index contributed by atoms with van der Waals surface area (Å²) in [6, 6.07) is 1.98. The van der Waals surface area contributed by atoms with Crippen LogP contribution >= 0.6 is 0 Å². The van der Waals surface area contributed by atoms with E-state index in [4.69, 9.17) is 0 Å². The van der Waals surface area contributed by atoms with Crippen molar-refractivity contribution < 1.29 is 4.79 Å². The molecule has 0 amide bonds. The summed E-state index contributed by atoms with van der Waals surface area (Å²) < 4.78 is 0. The van der Waals surface area contributed by atoms with Crippen molar-refractivity contribution in [1.29, 1.82) is 0 Å². The first-order chi connectivity index (χ1) is 8.15. The van der Waals surface area contributed by atoms with Crippen molar-refractivity contribution in [3.05, 3.63) is 23.8 Å². The summed E-state index contributed by atoms with van der Waals surface area (Å²) >= 11 is 0. The molecule has 1 fully saturated rings. The Balaban J connectivity index is 2.12. The summed E-state index contributed by atoms with van der Waals surface area (Å²) in [4.78, 5) is 22.1. The molecule has 92 valence electrons. The molecule has 0 bridgehead atoms. The first kappa shape index (κ1) is 12.2. The van der Waals surface area contributed by atoms with Gasteiger partial charge in [0, 0.05) is 24.4 Å². The molecule has 0 radical (unpaired) electrons. The third kappa shape index (κ3) is 3.33. The van der Waals surface area contributed by atoms with Crippen LogP contribution in [0.25, 0.3) is 0 Å². The smallest absolute Gasteiger partial charge is 0.137 e. The van der Waals surface area contributed by atoms with Gasteiger partial charge in [0.05, 0.1) is 6.42 Å². The van der Waals surface area contributed by atoms with E-state index in [1.54, 1.807) is 13.1 Å². The van der Waals surface area contributed by atoms with Gasteiger partial charge in [-0.05, 0) is 39.4 Å². The first-order valence-corrected chi connectivity index (χ1v) is 6.15. The highest BCUT2D eigenvalue weighted by Gasteiger charge is 2.20. The van der Waals surface area contributed by atoms with Gasteiger partial charge in [-0.3, -0.25) is 4.79 Å². The molecule has 1 aliphatic rings. The van der Waals surface area contributed by atoms with Gasteiger partial charge in [-0.25, -0.2) is 9.97 Å². The number of aromatic nitrogens is 2. The molecule has 1 aromatic heterocycles.